The van der Waals surface area contributed by atoms with Gasteiger partial charge in [0.1, 0.15) is 11.6 Å². The fourth-order valence-corrected chi connectivity index (χ4v) is 2.20. The van der Waals surface area contributed by atoms with Gasteiger partial charge in [0.25, 0.3) is 0 Å². The van der Waals surface area contributed by atoms with Crippen LogP contribution in [-0.4, -0.2) is 26.2 Å². The second-order valence-corrected chi connectivity index (χ2v) is 4.38. The largest absolute Gasteiger partial charge is 0.496 e. The molecule has 1 fully saturated rings. The number of benzene rings is 1. The Morgan fingerprint density at radius 1 is 1.53 bits per heavy atom. The SMILES string of the molecule is COc1ccc(F)cc1CNCC1CCCN1. The second-order valence-electron chi connectivity index (χ2n) is 4.38. The zero-order chi connectivity index (χ0) is 12.1. The van der Waals surface area contributed by atoms with Crippen molar-refractivity contribution in [2.45, 2.75) is 25.4 Å². The molecular formula is C13H19FN2O. The van der Waals surface area contributed by atoms with Crippen LogP contribution in [-0.2, 0) is 6.54 Å². The van der Waals surface area contributed by atoms with Gasteiger partial charge >= 0.3 is 0 Å². The molecule has 3 nitrogen and oxygen atoms in total. The molecule has 2 rings (SSSR count). The lowest BCUT2D eigenvalue weighted by molar-refractivity contribution is 0.405. The maximum Gasteiger partial charge on any atom is 0.123 e. The molecule has 2 N–H and O–H groups in total. The zero-order valence-electron chi connectivity index (χ0n) is 10.1. The van der Waals surface area contributed by atoms with Crippen molar-refractivity contribution in [3.63, 3.8) is 0 Å². The van der Waals surface area contributed by atoms with Crippen molar-refractivity contribution in [2.75, 3.05) is 20.2 Å². The van der Waals surface area contributed by atoms with Crippen molar-refractivity contribution in [1.29, 1.82) is 0 Å². The van der Waals surface area contributed by atoms with Crippen LogP contribution in [0, 0.1) is 5.82 Å². The molecule has 1 aromatic rings. The monoisotopic (exact) mass is 238 g/mol. The van der Waals surface area contributed by atoms with Gasteiger partial charge in [-0.2, -0.15) is 0 Å². The van der Waals surface area contributed by atoms with E-state index in [0.717, 1.165) is 24.4 Å². The number of methoxy groups -OCH3 is 1. The van der Waals surface area contributed by atoms with Gasteiger partial charge in [-0.25, -0.2) is 4.39 Å². The Morgan fingerprint density at radius 2 is 2.41 bits per heavy atom. The molecule has 1 saturated heterocycles. The molecule has 1 unspecified atom stereocenters. The number of hydrogen-bond acceptors (Lipinski definition) is 3. The predicted molar refractivity (Wildman–Crippen MR) is 65.7 cm³/mol. The van der Waals surface area contributed by atoms with Crippen LogP contribution < -0.4 is 15.4 Å². The molecule has 94 valence electrons. The summed E-state index contributed by atoms with van der Waals surface area (Å²) in [5.41, 5.74) is 0.866. The number of ether oxygens (including phenoxy) is 1. The first-order valence-electron chi connectivity index (χ1n) is 6.06. The Bertz CT molecular complexity index is 364. The minimum atomic E-state index is -0.221. The lowest BCUT2D eigenvalue weighted by atomic mass is 10.2. The smallest absolute Gasteiger partial charge is 0.123 e. The molecule has 0 amide bonds. The standard InChI is InChI=1S/C13H19FN2O/c1-17-13-5-4-11(14)7-10(13)8-15-9-12-3-2-6-16-12/h4-5,7,12,15-16H,2-3,6,8-9H2,1H3. The van der Waals surface area contributed by atoms with E-state index in [1.165, 1.54) is 25.0 Å². The van der Waals surface area contributed by atoms with Crippen LogP contribution in [0.3, 0.4) is 0 Å². The van der Waals surface area contributed by atoms with Gasteiger partial charge in [-0.3, -0.25) is 0 Å². The van der Waals surface area contributed by atoms with Gasteiger partial charge in [0.2, 0.25) is 0 Å². The van der Waals surface area contributed by atoms with Crippen LogP contribution in [0.1, 0.15) is 18.4 Å². The van der Waals surface area contributed by atoms with Gasteiger partial charge in [-0.15, -0.1) is 0 Å². The number of rotatable bonds is 5. The highest BCUT2D eigenvalue weighted by atomic mass is 19.1. The fourth-order valence-electron chi connectivity index (χ4n) is 2.20. The molecule has 0 saturated carbocycles. The first-order valence-corrected chi connectivity index (χ1v) is 6.06. The fraction of sp³-hybridized carbons (Fsp3) is 0.538. The first-order chi connectivity index (χ1) is 8.29. The third kappa shape index (κ3) is 3.41. The number of halogens is 1. The Morgan fingerprint density at radius 3 is 3.12 bits per heavy atom. The Hall–Kier alpha value is -1.13. The summed E-state index contributed by atoms with van der Waals surface area (Å²) in [7, 11) is 1.61. The lowest BCUT2D eigenvalue weighted by Crippen LogP contribution is -2.33. The van der Waals surface area contributed by atoms with Gasteiger partial charge in [-0.1, -0.05) is 0 Å². The molecule has 0 aromatic heterocycles. The lowest BCUT2D eigenvalue weighted by Gasteiger charge is -2.13. The highest BCUT2D eigenvalue weighted by molar-refractivity contribution is 5.33. The average Bonchev–Trinajstić information content (AvgIpc) is 2.82. The minimum absolute atomic E-state index is 0.221. The van der Waals surface area contributed by atoms with E-state index in [2.05, 4.69) is 10.6 Å². The predicted octanol–water partition coefficient (Wildman–Crippen LogP) is 1.68. The topological polar surface area (TPSA) is 33.3 Å². The highest BCUT2D eigenvalue weighted by Crippen LogP contribution is 2.19. The normalized spacial score (nSPS) is 19.5. The Labute approximate surface area is 101 Å². The van der Waals surface area contributed by atoms with Crippen molar-refractivity contribution in [3.05, 3.63) is 29.6 Å². The summed E-state index contributed by atoms with van der Waals surface area (Å²) >= 11 is 0. The molecule has 0 bridgehead atoms. The van der Waals surface area contributed by atoms with E-state index >= 15 is 0 Å². The summed E-state index contributed by atoms with van der Waals surface area (Å²) < 4.78 is 18.3. The third-order valence-corrected chi connectivity index (χ3v) is 3.11. The van der Waals surface area contributed by atoms with Crippen LogP contribution in [0.5, 0.6) is 5.75 Å². The van der Waals surface area contributed by atoms with E-state index in [9.17, 15) is 4.39 Å². The van der Waals surface area contributed by atoms with Crippen molar-refractivity contribution < 1.29 is 9.13 Å². The minimum Gasteiger partial charge on any atom is -0.496 e. The number of hydrogen-bond donors (Lipinski definition) is 2. The maximum atomic E-state index is 13.1. The summed E-state index contributed by atoms with van der Waals surface area (Å²) in [5.74, 6) is 0.514. The van der Waals surface area contributed by atoms with E-state index in [1.807, 2.05) is 0 Å². The second kappa shape index (κ2) is 5.98. The summed E-state index contributed by atoms with van der Waals surface area (Å²) in [4.78, 5) is 0. The van der Waals surface area contributed by atoms with Gasteiger partial charge < -0.3 is 15.4 Å². The van der Waals surface area contributed by atoms with Gasteiger partial charge in [0, 0.05) is 24.7 Å². The van der Waals surface area contributed by atoms with Crippen LogP contribution in [0.2, 0.25) is 0 Å². The van der Waals surface area contributed by atoms with Crippen molar-refractivity contribution in [1.82, 2.24) is 10.6 Å². The molecule has 1 atom stereocenters. The Kier molecular flexibility index (Phi) is 4.34. The molecule has 0 spiro atoms. The van der Waals surface area contributed by atoms with Gasteiger partial charge in [-0.05, 0) is 37.6 Å². The Balaban J connectivity index is 1.86. The van der Waals surface area contributed by atoms with Gasteiger partial charge in [0.05, 0.1) is 7.11 Å². The molecule has 1 aromatic carbocycles. The average molecular weight is 238 g/mol. The van der Waals surface area contributed by atoms with E-state index in [4.69, 9.17) is 4.74 Å². The van der Waals surface area contributed by atoms with E-state index in [0.29, 0.717) is 12.6 Å². The zero-order valence-corrected chi connectivity index (χ0v) is 10.1. The molecule has 0 radical (unpaired) electrons. The first kappa shape index (κ1) is 12.3. The molecule has 17 heavy (non-hydrogen) atoms. The summed E-state index contributed by atoms with van der Waals surface area (Å²) in [6.45, 7) is 2.66. The quantitative estimate of drug-likeness (QED) is 0.818. The molecule has 0 aliphatic carbocycles. The van der Waals surface area contributed by atoms with Gasteiger partial charge in [0.15, 0.2) is 0 Å². The van der Waals surface area contributed by atoms with Crippen LogP contribution in [0.4, 0.5) is 4.39 Å². The van der Waals surface area contributed by atoms with Crippen LogP contribution >= 0.6 is 0 Å². The van der Waals surface area contributed by atoms with Crippen molar-refractivity contribution in [2.24, 2.45) is 0 Å². The molecular weight excluding hydrogens is 219 g/mol. The van der Waals surface area contributed by atoms with Crippen molar-refractivity contribution in [3.8, 4) is 5.75 Å². The molecule has 1 aliphatic rings. The summed E-state index contributed by atoms with van der Waals surface area (Å²) in [5, 5.41) is 6.75. The third-order valence-electron chi connectivity index (χ3n) is 3.11. The number of nitrogens with one attached hydrogen (secondary N) is 2. The van der Waals surface area contributed by atoms with Crippen LogP contribution in [0.25, 0.3) is 0 Å². The summed E-state index contributed by atoms with van der Waals surface area (Å²) in [6, 6.07) is 5.16. The van der Waals surface area contributed by atoms with E-state index in [-0.39, 0.29) is 5.82 Å². The van der Waals surface area contributed by atoms with Crippen LogP contribution in [0.15, 0.2) is 18.2 Å². The maximum absolute atomic E-state index is 13.1. The molecule has 1 aliphatic heterocycles. The van der Waals surface area contributed by atoms with E-state index in [1.54, 1.807) is 13.2 Å². The van der Waals surface area contributed by atoms with E-state index < -0.39 is 0 Å². The van der Waals surface area contributed by atoms with Crippen molar-refractivity contribution >= 4 is 0 Å². The summed E-state index contributed by atoms with van der Waals surface area (Å²) in [6.07, 6.45) is 2.46. The highest BCUT2D eigenvalue weighted by Gasteiger charge is 2.13. The molecule has 4 heteroatoms. The molecule has 1 heterocycles.